The lowest BCUT2D eigenvalue weighted by molar-refractivity contribution is -0.106. The van der Waals surface area contributed by atoms with Crippen LogP contribution in [0.15, 0.2) is 61.3 Å². The van der Waals surface area contributed by atoms with Crippen LogP contribution in [-0.4, -0.2) is 39.2 Å². The zero-order chi connectivity index (χ0) is 25.5. The van der Waals surface area contributed by atoms with E-state index in [1.165, 1.54) is 24.7 Å². The monoisotopic (exact) mass is 483 g/mol. The molecule has 0 spiro atoms. The summed E-state index contributed by atoms with van der Waals surface area (Å²) in [6, 6.07) is 7.62. The summed E-state index contributed by atoms with van der Waals surface area (Å²) in [7, 11) is 1.89. The SMILES string of the molecule is C=C/C=C(\C=C)N1CCOc2ccc(N(C)c3cc(C=O)sc3NC=O)cc21.CC=O.CCC. The molecule has 0 bridgehead atoms. The van der Waals surface area contributed by atoms with E-state index in [-0.39, 0.29) is 0 Å². The highest BCUT2D eigenvalue weighted by molar-refractivity contribution is 7.18. The average Bonchev–Trinajstić information content (AvgIpc) is 3.26. The number of nitrogens with one attached hydrogen (secondary N) is 1. The highest BCUT2D eigenvalue weighted by Crippen LogP contribution is 2.42. The van der Waals surface area contributed by atoms with Gasteiger partial charge in [-0.2, -0.15) is 0 Å². The summed E-state index contributed by atoms with van der Waals surface area (Å²) < 4.78 is 5.80. The van der Waals surface area contributed by atoms with Gasteiger partial charge in [-0.3, -0.25) is 9.59 Å². The third kappa shape index (κ3) is 7.45. The standard InChI is InChI=1S/C21H21N3O3S.C3H8.C2H4O/c1-4-6-15(5-2)24-9-10-27-20-8-7-16(11-18(20)24)23(3)19-12-17(13-25)28-21(19)22-14-26;1-3-2;1-2-3/h4-8,11-14H,1-2,9-10H2,3H3,(H,22,26);3H2,1-2H3;2H,1H3/b15-6+;;. The number of hydrogen-bond donors (Lipinski definition) is 1. The predicted molar refractivity (Wildman–Crippen MR) is 143 cm³/mol. The van der Waals surface area contributed by atoms with E-state index in [4.69, 9.17) is 9.53 Å². The number of fused-ring (bicyclic) bond motifs is 1. The van der Waals surface area contributed by atoms with Crippen LogP contribution in [0.4, 0.5) is 22.1 Å². The van der Waals surface area contributed by atoms with Crippen molar-refractivity contribution in [1.82, 2.24) is 0 Å². The van der Waals surface area contributed by atoms with Gasteiger partial charge in [0.1, 0.15) is 23.6 Å². The lowest BCUT2D eigenvalue weighted by Crippen LogP contribution is -2.31. The van der Waals surface area contributed by atoms with E-state index >= 15 is 0 Å². The van der Waals surface area contributed by atoms with E-state index in [2.05, 4.69) is 37.2 Å². The molecule has 0 fully saturated rings. The second-order valence-corrected chi connectivity index (χ2v) is 8.01. The summed E-state index contributed by atoms with van der Waals surface area (Å²) in [6.07, 6.45) is 8.80. The smallest absolute Gasteiger partial charge is 0.212 e. The zero-order valence-electron chi connectivity index (χ0n) is 20.2. The first-order chi connectivity index (χ1) is 16.4. The number of carbonyl (C=O) groups excluding carboxylic acids is 3. The van der Waals surface area contributed by atoms with Crippen molar-refractivity contribution in [3.8, 4) is 5.75 Å². The van der Waals surface area contributed by atoms with Crippen molar-refractivity contribution in [1.29, 1.82) is 0 Å². The van der Waals surface area contributed by atoms with Crippen molar-refractivity contribution in [3.63, 3.8) is 0 Å². The Kier molecular flexibility index (Phi) is 12.7. The maximum Gasteiger partial charge on any atom is 0.212 e. The Morgan fingerprint density at radius 2 is 1.91 bits per heavy atom. The first kappa shape index (κ1) is 28.4. The van der Waals surface area contributed by atoms with Crippen molar-refractivity contribution in [2.45, 2.75) is 27.2 Å². The average molecular weight is 484 g/mol. The van der Waals surface area contributed by atoms with E-state index in [0.29, 0.717) is 29.4 Å². The van der Waals surface area contributed by atoms with Crippen molar-refractivity contribution >= 4 is 52.4 Å². The number of aldehydes is 2. The fraction of sp³-hybridized carbons (Fsp3) is 0.269. The van der Waals surface area contributed by atoms with Crippen LogP contribution >= 0.6 is 11.3 Å². The molecule has 0 atom stereocenters. The molecule has 3 rings (SSSR count). The van der Waals surface area contributed by atoms with E-state index < -0.39 is 0 Å². The van der Waals surface area contributed by atoms with Crippen molar-refractivity contribution in [2.75, 3.05) is 35.3 Å². The molecule has 0 radical (unpaired) electrons. The Balaban J connectivity index is 0.000000872. The van der Waals surface area contributed by atoms with Crippen molar-refractivity contribution in [2.24, 2.45) is 0 Å². The molecule has 2 heterocycles. The van der Waals surface area contributed by atoms with Gasteiger partial charge in [-0.1, -0.05) is 39.5 Å². The molecule has 182 valence electrons. The third-order valence-electron chi connectivity index (χ3n) is 4.40. The first-order valence-electron chi connectivity index (χ1n) is 10.9. The minimum atomic E-state index is 0.539. The quantitative estimate of drug-likeness (QED) is 0.368. The molecule has 1 N–H and O–H groups in total. The summed E-state index contributed by atoms with van der Waals surface area (Å²) in [5, 5.41) is 3.28. The summed E-state index contributed by atoms with van der Waals surface area (Å²) in [5.74, 6) is 0.783. The molecular formula is C26H33N3O4S. The van der Waals surface area contributed by atoms with Gasteiger partial charge in [-0.15, -0.1) is 11.3 Å². The second kappa shape index (κ2) is 15.2. The van der Waals surface area contributed by atoms with E-state index in [1.807, 2.05) is 36.2 Å². The van der Waals surface area contributed by atoms with Gasteiger partial charge < -0.3 is 24.6 Å². The topological polar surface area (TPSA) is 79.0 Å². The van der Waals surface area contributed by atoms with Crippen molar-refractivity contribution in [3.05, 3.63) is 66.2 Å². The van der Waals surface area contributed by atoms with Gasteiger partial charge in [0.15, 0.2) is 6.29 Å². The molecule has 7 nitrogen and oxygen atoms in total. The van der Waals surface area contributed by atoms with Crippen LogP contribution in [0, 0.1) is 0 Å². The Bertz CT molecular complexity index is 1010. The number of benzene rings is 1. The second-order valence-electron chi connectivity index (χ2n) is 6.93. The fourth-order valence-corrected chi connectivity index (χ4v) is 3.94. The van der Waals surface area contributed by atoms with Crippen LogP contribution in [-0.2, 0) is 9.59 Å². The summed E-state index contributed by atoms with van der Waals surface area (Å²) in [6.45, 7) is 14.6. The normalized spacial score (nSPS) is 11.8. The molecule has 0 unspecified atom stereocenters. The molecule has 0 aliphatic carbocycles. The summed E-state index contributed by atoms with van der Waals surface area (Å²) in [4.78, 5) is 35.5. The number of nitrogens with zero attached hydrogens (tertiary/aromatic N) is 2. The minimum absolute atomic E-state index is 0.539. The largest absolute Gasteiger partial charge is 0.490 e. The highest BCUT2D eigenvalue weighted by Gasteiger charge is 2.22. The van der Waals surface area contributed by atoms with Gasteiger partial charge in [0.25, 0.3) is 0 Å². The number of hydrogen-bond acceptors (Lipinski definition) is 7. The first-order valence-corrected chi connectivity index (χ1v) is 11.7. The van der Waals surface area contributed by atoms with Crippen molar-refractivity contribution < 1.29 is 19.1 Å². The van der Waals surface area contributed by atoms with Crippen LogP contribution in [0.25, 0.3) is 0 Å². The van der Waals surface area contributed by atoms with Gasteiger partial charge in [0, 0.05) is 18.4 Å². The van der Waals surface area contributed by atoms with Crippen LogP contribution in [0.2, 0.25) is 0 Å². The Hall–Kier alpha value is -3.65. The Morgan fingerprint density at radius 1 is 1.24 bits per heavy atom. The Labute approximate surface area is 206 Å². The van der Waals surface area contributed by atoms with Crippen LogP contribution in [0.5, 0.6) is 5.75 Å². The minimum Gasteiger partial charge on any atom is -0.490 e. The molecule has 1 amide bonds. The predicted octanol–water partition coefficient (Wildman–Crippen LogP) is 5.97. The van der Waals surface area contributed by atoms with E-state index in [9.17, 15) is 9.59 Å². The molecule has 2 aromatic rings. The molecule has 8 heteroatoms. The molecule has 1 aromatic carbocycles. The molecule has 1 aliphatic rings. The zero-order valence-corrected chi connectivity index (χ0v) is 21.1. The number of carbonyl (C=O) groups is 3. The molecule has 0 saturated heterocycles. The number of rotatable bonds is 8. The van der Waals surface area contributed by atoms with E-state index in [0.717, 1.165) is 41.1 Å². The molecule has 1 aliphatic heterocycles. The molecule has 0 saturated carbocycles. The van der Waals surface area contributed by atoms with Crippen LogP contribution in [0.3, 0.4) is 0 Å². The maximum absolute atomic E-state index is 11.2. The number of ether oxygens (including phenoxy) is 1. The molecule has 1 aromatic heterocycles. The van der Waals surface area contributed by atoms with Crippen LogP contribution < -0.4 is 19.9 Å². The fourth-order valence-electron chi connectivity index (χ4n) is 3.07. The van der Waals surface area contributed by atoms with Gasteiger partial charge in [-0.05, 0) is 43.3 Å². The summed E-state index contributed by atoms with van der Waals surface area (Å²) >= 11 is 1.23. The van der Waals surface area contributed by atoms with E-state index in [1.54, 1.807) is 18.2 Å². The number of allylic oxidation sites excluding steroid dienone is 3. The van der Waals surface area contributed by atoms with Crippen LogP contribution in [0.1, 0.15) is 36.9 Å². The number of amides is 1. The Morgan fingerprint density at radius 3 is 2.47 bits per heavy atom. The third-order valence-corrected chi connectivity index (χ3v) is 5.38. The molecule has 34 heavy (non-hydrogen) atoms. The van der Waals surface area contributed by atoms with Gasteiger partial charge >= 0.3 is 0 Å². The highest BCUT2D eigenvalue weighted by atomic mass is 32.1. The van der Waals surface area contributed by atoms with Gasteiger partial charge in [0.2, 0.25) is 6.41 Å². The molecular weight excluding hydrogens is 450 g/mol. The lowest BCUT2D eigenvalue weighted by Gasteiger charge is -2.33. The van der Waals surface area contributed by atoms with Gasteiger partial charge in [0.05, 0.1) is 22.8 Å². The number of anilines is 4. The number of thiophene rings is 1. The maximum atomic E-state index is 11.2. The van der Waals surface area contributed by atoms with Gasteiger partial charge in [-0.25, -0.2) is 0 Å². The lowest BCUT2D eigenvalue weighted by atomic mass is 10.1. The summed E-state index contributed by atoms with van der Waals surface area (Å²) in [5.41, 5.74) is 3.48.